The summed E-state index contributed by atoms with van der Waals surface area (Å²) in [6.07, 6.45) is 2.74. The van der Waals surface area contributed by atoms with Crippen LogP contribution in [-0.2, 0) is 16.4 Å². The van der Waals surface area contributed by atoms with Gasteiger partial charge in [-0.25, -0.2) is 21.6 Å². The Hall–Kier alpha value is -3.02. The Morgan fingerprint density at radius 3 is 2.47 bits per heavy atom. The molecule has 0 bridgehead atoms. The first kappa shape index (κ1) is 32.9. The van der Waals surface area contributed by atoms with Gasteiger partial charge in [-0.15, -0.1) is 0 Å². The van der Waals surface area contributed by atoms with E-state index in [2.05, 4.69) is 5.32 Å². The molecule has 6 nitrogen and oxygen atoms in total. The van der Waals surface area contributed by atoms with Gasteiger partial charge in [0.25, 0.3) is 10.9 Å². The molecule has 0 fully saturated rings. The fraction of sp³-hybridized carbons (Fsp3) is 0.233. The second-order valence-corrected chi connectivity index (χ2v) is 13.0. The summed E-state index contributed by atoms with van der Waals surface area (Å²) >= 11 is 17.6. The lowest BCUT2D eigenvalue weighted by Crippen LogP contribution is -2.51. The van der Waals surface area contributed by atoms with Gasteiger partial charge in [0.2, 0.25) is 9.84 Å². The second kappa shape index (κ2) is 13.7. The number of ether oxygens (including phenoxy) is 1. The Morgan fingerprint density at radius 2 is 1.74 bits per heavy atom. The van der Waals surface area contributed by atoms with Crippen molar-refractivity contribution < 1.29 is 31.1 Å². The molecular weight excluding hydrogens is 648 g/mol. The third-order valence-electron chi connectivity index (χ3n) is 6.72. The largest absolute Gasteiger partial charge is 0.493 e. The van der Waals surface area contributed by atoms with E-state index in [1.54, 1.807) is 24.3 Å². The monoisotopic (exact) mass is 672 g/mol. The molecule has 0 saturated heterocycles. The molecule has 1 amide bonds. The van der Waals surface area contributed by atoms with Crippen LogP contribution in [0.4, 0.5) is 13.2 Å². The van der Waals surface area contributed by atoms with Crippen LogP contribution in [0.25, 0.3) is 0 Å². The molecule has 0 saturated carbocycles. The van der Waals surface area contributed by atoms with Crippen LogP contribution in [0, 0.1) is 5.82 Å². The van der Waals surface area contributed by atoms with Crippen molar-refractivity contribution in [3.05, 3.63) is 117 Å². The standard InChI is InChI=1S/C30H26Cl3F3N2O4S/c1-38(29(39)23-16-26(35)25(33)17-24(23)32)13-4-14-42-27-6-3-2-5-19(27)18-37-28-15-21(34)11-12-30(28,36)43(40,41)22-9-7-20(31)8-10-22/h2-3,5-12,15-17,28,37H,4,13-14,18H2,1H3. The van der Waals surface area contributed by atoms with Gasteiger partial charge in [-0.2, -0.15) is 0 Å². The minimum Gasteiger partial charge on any atom is -0.493 e. The number of carbonyl (C=O) groups excluding carboxylic acids is 1. The van der Waals surface area contributed by atoms with Crippen molar-refractivity contribution in [1.82, 2.24) is 10.2 Å². The molecule has 4 rings (SSSR count). The number of hydrogen-bond acceptors (Lipinski definition) is 5. The van der Waals surface area contributed by atoms with Crippen LogP contribution in [0.1, 0.15) is 22.3 Å². The molecule has 3 aromatic carbocycles. The van der Waals surface area contributed by atoms with E-state index in [9.17, 15) is 22.0 Å². The van der Waals surface area contributed by atoms with Gasteiger partial charge in [-0.1, -0.05) is 53.0 Å². The van der Waals surface area contributed by atoms with Crippen LogP contribution in [0.3, 0.4) is 0 Å². The summed E-state index contributed by atoms with van der Waals surface area (Å²) < 4.78 is 76.8. The predicted octanol–water partition coefficient (Wildman–Crippen LogP) is 7.35. The third kappa shape index (κ3) is 7.38. The van der Waals surface area contributed by atoms with E-state index in [0.29, 0.717) is 23.8 Å². The Morgan fingerprint density at radius 1 is 1.05 bits per heavy atom. The number of amides is 1. The summed E-state index contributed by atoms with van der Waals surface area (Å²) in [5.41, 5.74) is 0.540. The average Bonchev–Trinajstić information content (AvgIpc) is 2.97. The lowest BCUT2D eigenvalue weighted by molar-refractivity contribution is 0.0787. The molecule has 43 heavy (non-hydrogen) atoms. The summed E-state index contributed by atoms with van der Waals surface area (Å²) in [6, 6.07) is 12.4. The Balaban J connectivity index is 1.40. The highest BCUT2D eigenvalue weighted by atomic mass is 35.5. The van der Waals surface area contributed by atoms with Crippen molar-refractivity contribution in [1.29, 1.82) is 0 Å². The van der Waals surface area contributed by atoms with Gasteiger partial charge in [0.15, 0.2) is 0 Å². The molecule has 3 aromatic rings. The normalized spacial score (nSPS) is 18.3. The number of benzene rings is 3. The first-order valence-corrected chi connectivity index (χ1v) is 15.5. The van der Waals surface area contributed by atoms with Crippen molar-refractivity contribution in [2.24, 2.45) is 0 Å². The molecule has 0 aliphatic heterocycles. The summed E-state index contributed by atoms with van der Waals surface area (Å²) in [5, 5.41) is -0.0554. The molecule has 228 valence electrons. The molecule has 2 atom stereocenters. The van der Waals surface area contributed by atoms with Gasteiger partial charge in [-0.3, -0.25) is 4.79 Å². The SMILES string of the molecule is CN(CCCOc1ccccc1CNC1C=C(F)C=CC1(F)S(=O)(=O)c1ccc(Cl)cc1)C(=O)c1cc(F)c(Cl)cc1Cl. The molecular formula is C30H26Cl3F3N2O4S. The topological polar surface area (TPSA) is 75.7 Å². The number of nitrogens with one attached hydrogen (secondary N) is 1. The van der Waals surface area contributed by atoms with Crippen molar-refractivity contribution >= 4 is 50.5 Å². The zero-order valence-electron chi connectivity index (χ0n) is 22.7. The van der Waals surface area contributed by atoms with Crippen molar-refractivity contribution in [2.45, 2.75) is 28.9 Å². The molecule has 1 aliphatic rings. The van der Waals surface area contributed by atoms with Crippen LogP contribution >= 0.6 is 34.8 Å². The summed E-state index contributed by atoms with van der Waals surface area (Å²) in [4.78, 5) is 13.8. The van der Waals surface area contributed by atoms with E-state index in [1.807, 2.05) is 0 Å². The zero-order valence-corrected chi connectivity index (χ0v) is 25.8. The van der Waals surface area contributed by atoms with Gasteiger partial charge >= 0.3 is 0 Å². The van der Waals surface area contributed by atoms with Crippen molar-refractivity contribution in [3.63, 3.8) is 0 Å². The third-order valence-corrected chi connectivity index (χ3v) is 9.68. The Kier molecular flexibility index (Phi) is 10.5. The number of rotatable bonds is 11. The van der Waals surface area contributed by atoms with Crippen LogP contribution in [0.15, 0.2) is 89.6 Å². The number of halogens is 6. The van der Waals surface area contributed by atoms with E-state index in [0.717, 1.165) is 18.2 Å². The minimum absolute atomic E-state index is 0.0199. The maximum Gasteiger partial charge on any atom is 0.255 e. The second-order valence-electron chi connectivity index (χ2n) is 9.68. The number of sulfone groups is 1. The van der Waals surface area contributed by atoms with Gasteiger partial charge < -0.3 is 15.0 Å². The van der Waals surface area contributed by atoms with Crippen LogP contribution in [0.5, 0.6) is 5.75 Å². The number of carbonyl (C=O) groups is 1. The number of nitrogens with zero attached hydrogens (tertiary/aromatic N) is 1. The molecule has 13 heteroatoms. The molecule has 2 unspecified atom stereocenters. The summed E-state index contributed by atoms with van der Waals surface area (Å²) in [7, 11) is -3.07. The van der Waals surface area contributed by atoms with Gasteiger partial charge in [0, 0.05) is 30.7 Å². The van der Waals surface area contributed by atoms with E-state index < -0.39 is 38.4 Å². The van der Waals surface area contributed by atoms with E-state index in [1.165, 1.54) is 42.3 Å². The highest BCUT2D eigenvalue weighted by molar-refractivity contribution is 7.93. The first-order chi connectivity index (χ1) is 20.3. The maximum atomic E-state index is 16.3. The smallest absolute Gasteiger partial charge is 0.255 e. The quantitative estimate of drug-likeness (QED) is 0.170. The van der Waals surface area contributed by atoms with Crippen LogP contribution < -0.4 is 10.1 Å². The molecule has 0 aromatic heterocycles. The molecule has 0 heterocycles. The number of alkyl halides is 1. The Bertz CT molecular complexity index is 1670. The minimum atomic E-state index is -4.61. The van der Waals surface area contributed by atoms with Gasteiger partial charge in [0.1, 0.15) is 17.4 Å². The number of hydrogen-bond donors (Lipinski definition) is 1. The fourth-order valence-electron chi connectivity index (χ4n) is 4.36. The maximum absolute atomic E-state index is 16.3. The lowest BCUT2D eigenvalue weighted by atomic mass is 10.0. The molecule has 1 N–H and O–H groups in total. The predicted molar refractivity (Wildman–Crippen MR) is 161 cm³/mol. The van der Waals surface area contributed by atoms with Crippen molar-refractivity contribution in [3.8, 4) is 5.75 Å². The first-order valence-electron chi connectivity index (χ1n) is 12.9. The average molecular weight is 674 g/mol. The summed E-state index contributed by atoms with van der Waals surface area (Å²) in [6.45, 7) is 0.376. The zero-order chi connectivity index (χ0) is 31.4. The molecule has 0 spiro atoms. The van der Waals surface area contributed by atoms with E-state index in [-0.39, 0.29) is 45.2 Å². The number of para-hydroxylation sites is 1. The van der Waals surface area contributed by atoms with Gasteiger partial charge in [-0.05, 0) is 67.1 Å². The summed E-state index contributed by atoms with van der Waals surface area (Å²) in [5.74, 6) is -1.61. The molecule has 0 radical (unpaired) electrons. The van der Waals surface area contributed by atoms with Gasteiger partial charge in [0.05, 0.1) is 33.2 Å². The fourth-order valence-corrected chi connectivity index (χ4v) is 6.54. The van der Waals surface area contributed by atoms with E-state index in [4.69, 9.17) is 39.5 Å². The molecule has 1 aliphatic carbocycles. The Labute approximate surface area is 262 Å². The number of allylic oxidation sites excluding steroid dienone is 2. The highest BCUT2D eigenvalue weighted by Gasteiger charge is 2.50. The van der Waals surface area contributed by atoms with Crippen LogP contribution in [-0.4, -0.2) is 50.5 Å². The lowest BCUT2D eigenvalue weighted by Gasteiger charge is -2.32. The van der Waals surface area contributed by atoms with E-state index >= 15 is 4.39 Å². The van der Waals surface area contributed by atoms with Crippen molar-refractivity contribution in [2.75, 3.05) is 20.2 Å². The highest BCUT2D eigenvalue weighted by Crippen LogP contribution is 2.37. The van der Waals surface area contributed by atoms with Crippen LogP contribution in [0.2, 0.25) is 15.1 Å².